The number of rotatable bonds is 3. The molecule has 0 spiro atoms. The topological polar surface area (TPSA) is 107 Å². The van der Waals surface area contributed by atoms with Gasteiger partial charge in [-0.05, 0) is 75.5 Å². The highest BCUT2D eigenvalue weighted by Gasteiger charge is 2.34. The first-order chi connectivity index (χ1) is 17.9. The van der Waals surface area contributed by atoms with Crippen LogP contribution in [0.2, 0.25) is 0 Å². The molecule has 2 aliphatic heterocycles. The van der Waals surface area contributed by atoms with Gasteiger partial charge in [-0.1, -0.05) is 13.0 Å². The van der Waals surface area contributed by atoms with Crippen LogP contribution in [-0.2, 0) is 9.59 Å². The second-order valence-corrected chi connectivity index (χ2v) is 11.5. The van der Waals surface area contributed by atoms with Gasteiger partial charge in [0.25, 0.3) is 0 Å². The van der Waals surface area contributed by atoms with Gasteiger partial charge < -0.3 is 20.1 Å². The summed E-state index contributed by atoms with van der Waals surface area (Å²) in [6.07, 6.45) is 7.18. The molecule has 9 nitrogen and oxygen atoms in total. The lowest BCUT2D eigenvalue weighted by Gasteiger charge is -2.38. The van der Waals surface area contributed by atoms with Gasteiger partial charge in [0.15, 0.2) is 5.65 Å². The van der Waals surface area contributed by atoms with Crippen molar-refractivity contribution in [2.24, 2.45) is 5.92 Å². The smallest absolute Gasteiger partial charge is 0.313 e. The molecule has 2 fully saturated rings. The Morgan fingerprint density at radius 2 is 1.92 bits per heavy atom. The maximum absolute atomic E-state index is 13.4. The zero-order valence-corrected chi connectivity index (χ0v) is 21.9. The lowest BCUT2D eigenvalue weighted by atomic mass is 9.89. The summed E-state index contributed by atoms with van der Waals surface area (Å²) in [5.41, 5.74) is 3.74. The van der Waals surface area contributed by atoms with E-state index in [0.29, 0.717) is 35.2 Å². The van der Waals surface area contributed by atoms with Crippen molar-refractivity contribution >= 4 is 50.2 Å². The summed E-state index contributed by atoms with van der Waals surface area (Å²) in [5, 5.41) is 3.93. The van der Waals surface area contributed by atoms with Gasteiger partial charge in [-0.3, -0.25) is 9.59 Å². The molecule has 2 aliphatic rings. The number of likely N-dealkylation sites (tertiary alicyclic amines) is 2. The predicted molar refractivity (Wildman–Crippen MR) is 144 cm³/mol. The number of hydrogen-bond donors (Lipinski definition) is 2. The van der Waals surface area contributed by atoms with Gasteiger partial charge in [0.2, 0.25) is 0 Å². The number of aromatic amines is 1. The number of piperidine rings is 2. The fraction of sp³-hybridized carbons (Fsp3) is 0.444. The Bertz CT molecular complexity index is 1460. The molecule has 2 N–H and O–H groups in total. The molecule has 192 valence electrons. The number of amides is 2. The van der Waals surface area contributed by atoms with Gasteiger partial charge >= 0.3 is 11.8 Å². The standard InChI is InChI=1S/C27H31N7O2S/c1-16-3-5-22(18-4-6-23-20(11-18)32-26(37-23)17-7-9-33(2)10-8-17)34(14-16)27(36)25(35)31-19-12-21-24(28-13-19)30-15-29-21/h4,6,11-13,15-17,22H,3,5,7-10,14H2,1-2H3,(H,31,35)(H,28,29,30)/t16-,22+/m0/s1. The van der Waals surface area contributed by atoms with Crippen LogP contribution in [-0.4, -0.2) is 68.2 Å². The van der Waals surface area contributed by atoms with Crippen molar-refractivity contribution in [2.75, 3.05) is 32.0 Å². The minimum atomic E-state index is -0.657. The average molecular weight is 518 g/mol. The molecule has 4 aromatic rings. The number of aromatic nitrogens is 4. The summed E-state index contributed by atoms with van der Waals surface area (Å²) < 4.78 is 1.18. The molecule has 37 heavy (non-hydrogen) atoms. The molecule has 1 aromatic carbocycles. The summed E-state index contributed by atoms with van der Waals surface area (Å²) in [4.78, 5) is 46.9. The zero-order chi connectivity index (χ0) is 25.5. The van der Waals surface area contributed by atoms with Crippen molar-refractivity contribution in [3.63, 3.8) is 0 Å². The number of pyridine rings is 1. The molecule has 0 bridgehead atoms. The van der Waals surface area contributed by atoms with Crippen molar-refractivity contribution in [3.8, 4) is 0 Å². The highest BCUT2D eigenvalue weighted by Crippen LogP contribution is 2.38. The summed E-state index contributed by atoms with van der Waals surface area (Å²) >= 11 is 1.79. The number of hydrogen-bond acceptors (Lipinski definition) is 7. The van der Waals surface area contributed by atoms with Crippen molar-refractivity contribution in [2.45, 2.75) is 44.6 Å². The second kappa shape index (κ2) is 9.83. The Morgan fingerprint density at radius 3 is 2.76 bits per heavy atom. The molecule has 0 unspecified atom stereocenters. The molecule has 3 aromatic heterocycles. The van der Waals surface area contributed by atoms with E-state index in [-0.39, 0.29) is 6.04 Å². The molecule has 2 saturated heterocycles. The van der Waals surface area contributed by atoms with Crippen LogP contribution in [0.5, 0.6) is 0 Å². The number of imidazole rings is 1. The number of carbonyl (C=O) groups is 2. The molecule has 2 amide bonds. The van der Waals surface area contributed by atoms with Gasteiger partial charge in [-0.2, -0.15) is 0 Å². The van der Waals surface area contributed by atoms with Crippen molar-refractivity contribution < 1.29 is 9.59 Å². The highest BCUT2D eigenvalue weighted by molar-refractivity contribution is 7.18. The van der Waals surface area contributed by atoms with E-state index in [1.165, 1.54) is 15.9 Å². The SMILES string of the molecule is C[C@H]1CC[C@H](c2ccc3sc(C4CCN(C)CC4)nc3c2)N(C(=O)C(=O)Nc2cnc3[nH]cnc3c2)C1. The highest BCUT2D eigenvalue weighted by atomic mass is 32.1. The monoisotopic (exact) mass is 517 g/mol. The lowest BCUT2D eigenvalue weighted by Crippen LogP contribution is -2.46. The summed E-state index contributed by atoms with van der Waals surface area (Å²) in [5.74, 6) is -0.335. The molecule has 0 radical (unpaired) electrons. The first-order valence-corrected chi connectivity index (χ1v) is 13.8. The van der Waals surface area contributed by atoms with E-state index in [4.69, 9.17) is 4.98 Å². The van der Waals surface area contributed by atoms with E-state index >= 15 is 0 Å². The lowest BCUT2D eigenvalue weighted by molar-refractivity contribution is -0.146. The molecule has 5 heterocycles. The number of fused-ring (bicyclic) bond motifs is 2. The Morgan fingerprint density at radius 1 is 1.08 bits per heavy atom. The van der Waals surface area contributed by atoms with E-state index in [0.717, 1.165) is 49.9 Å². The number of H-pyrrole nitrogens is 1. The Hall–Kier alpha value is -3.37. The van der Waals surface area contributed by atoms with E-state index in [9.17, 15) is 9.59 Å². The Balaban J connectivity index is 1.22. The normalized spacial score (nSPS) is 21.5. The molecular weight excluding hydrogens is 486 g/mol. The minimum absolute atomic E-state index is 0.153. The number of anilines is 1. The van der Waals surface area contributed by atoms with Crippen LogP contribution < -0.4 is 5.32 Å². The number of nitrogens with zero attached hydrogens (tertiary/aromatic N) is 5. The van der Waals surface area contributed by atoms with Crippen LogP contribution >= 0.6 is 11.3 Å². The van der Waals surface area contributed by atoms with Crippen molar-refractivity contribution in [1.82, 2.24) is 29.7 Å². The maximum Gasteiger partial charge on any atom is 0.313 e. The summed E-state index contributed by atoms with van der Waals surface area (Å²) in [6.45, 7) is 4.89. The van der Waals surface area contributed by atoms with Gasteiger partial charge in [0.05, 0.1) is 39.5 Å². The second-order valence-electron chi connectivity index (χ2n) is 10.5. The predicted octanol–water partition coefficient (Wildman–Crippen LogP) is 4.32. The third-order valence-corrected chi connectivity index (χ3v) is 8.88. The van der Waals surface area contributed by atoms with E-state index in [1.54, 1.807) is 28.6 Å². The van der Waals surface area contributed by atoms with E-state index in [2.05, 4.69) is 57.3 Å². The number of benzene rings is 1. The first-order valence-electron chi connectivity index (χ1n) is 12.9. The van der Waals surface area contributed by atoms with Crippen LogP contribution in [0.3, 0.4) is 0 Å². The number of nitrogens with one attached hydrogen (secondary N) is 2. The Labute approximate surface area is 219 Å². The first kappa shape index (κ1) is 24.0. The third-order valence-electron chi connectivity index (χ3n) is 7.68. The van der Waals surface area contributed by atoms with Crippen LogP contribution in [0.4, 0.5) is 5.69 Å². The third kappa shape index (κ3) is 4.83. The minimum Gasteiger partial charge on any atom is -0.329 e. The van der Waals surface area contributed by atoms with Gasteiger partial charge in [-0.25, -0.2) is 15.0 Å². The molecule has 2 atom stereocenters. The van der Waals surface area contributed by atoms with Gasteiger partial charge in [0.1, 0.15) is 5.52 Å². The van der Waals surface area contributed by atoms with E-state index in [1.807, 2.05) is 0 Å². The summed E-state index contributed by atoms with van der Waals surface area (Å²) in [7, 11) is 2.17. The van der Waals surface area contributed by atoms with Crippen molar-refractivity contribution in [1.29, 1.82) is 0 Å². The van der Waals surface area contributed by atoms with E-state index < -0.39 is 11.8 Å². The Kier molecular flexibility index (Phi) is 6.37. The fourth-order valence-electron chi connectivity index (χ4n) is 5.53. The van der Waals surface area contributed by atoms with Crippen LogP contribution in [0.15, 0.2) is 36.8 Å². The quantitative estimate of drug-likeness (QED) is 0.392. The molecular formula is C27H31N7O2S. The van der Waals surface area contributed by atoms with Crippen LogP contribution in [0.25, 0.3) is 21.4 Å². The average Bonchev–Trinajstić information content (AvgIpc) is 3.55. The maximum atomic E-state index is 13.4. The number of carbonyl (C=O) groups excluding carboxylic acids is 2. The van der Waals surface area contributed by atoms with Gasteiger partial charge in [-0.15, -0.1) is 11.3 Å². The largest absolute Gasteiger partial charge is 0.329 e. The zero-order valence-electron chi connectivity index (χ0n) is 21.1. The molecule has 0 saturated carbocycles. The molecule has 6 rings (SSSR count). The molecule has 10 heteroatoms. The van der Waals surface area contributed by atoms with Crippen LogP contribution in [0, 0.1) is 5.92 Å². The number of thiazole rings is 1. The molecule has 0 aliphatic carbocycles. The fourth-order valence-corrected chi connectivity index (χ4v) is 6.65. The van der Waals surface area contributed by atoms with Crippen LogP contribution in [0.1, 0.15) is 55.1 Å². The summed E-state index contributed by atoms with van der Waals surface area (Å²) in [6, 6.07) is 7.91. The van der Waals surface area contributed by atoms with Crippen molar-refractivity contribution in [3.05, 3.63) is 47.4 Å². The van der Waals surface area contributed by atoms with Gasteiger partial charge in [0, 0.05) is 12.5 Å².